The van der Waals surface area contributed by atoms with E-state index >= 15 is 0 Å². The van der Waals surface area contributed by atoms with Crippen molar-refractivity contribution >= 4 is 47.6 Å². The van der Waals surface area contributed by atoms with Crippen molar-refractivity contribution in [2.24, 2.45) is 5.92 Å². The quantitative estimate of drug-likeness (QED) is 0.423. The minimum absolute atomic E-state index is 0.00447. The number of carbonyl (C=O) groups excluding carboxylic acids is 1. The Bertz CT molecular complexity index is 1020. The van der Waals surface area contributed by atoms with Crippen LogP contribution in [0.25, 0.3) is 0 Å². The number of carbonyl (C=O) groups is 1. The van der Waals surface area contributed by atoms with Crippen LogP contribution in [0.3, 0.4) is 0 Å². The zero-order chi connectivity index (χ0) is 23.0. The van der Waals surface area contributed by atoms with Gasteiger partial charge in [-0.2, -0.15) is 3.71 Å². The second-order valence-electron chi connectivity index (χ2n) is 7.78. The molecule has 1 aliphatic heterocycles. The molecule has 12 heteroatoms. The van der Waals surface area contributed by atoms with E-state index in [1.807, 2.05) is 6.92 Å². The number of halogens is 1. The second kappa shape index (κ2) is 9.34. The summed E-state index contributed by atoms with van der Waals surface area (Å²) in [6.07, 6.45) is 2.08. The third-order valence-corrected chi connectivity index (χ3v) is 10.2. The number of fused-ring (bicyclic) bond motifs is 1. The van der Waals surface area contributed by atoms with Crippen LogP contribution in [0.1, 0.15) is 35.7 Å². The van der Waals surface area contributed by atoms with Crippen molar-refractivity contribution in [3.05, 3.63) is 27.7 Å². The number of hydrogen-bond donors (Lipinski definition) is 0. The van der Waals surface area contributed by atoms with Gasteiger partial charge in [0, 0.05) is 31.3 Å². The fraction of sp³-hybridized carbons (Fsp3) is 0.632. The third kappa shape index (κ3) is 5.08. The molecule has 0 bridgehead atoms. The van der Waals surface area contributed by atoms with Gasteiger partial charge in [0.25, 0.3) is 26.0 Å². The molecule has 174 valence electrons. The number of amides is 1. The first-order valence-corrected chi connectivity index (χ1v) is 13.9. The molecule has 3 rings (SSSR count). The minimum Gasteiger partial charge on any atom is -0.384 e. The lowest BCUT2D eigenvalue weighted by atomic mass is 10.1. The molecule has 1 aromatic rings. The van der Waals surface area contributed by atoms with E-state index < -0.39 is 31.6 Å². The number of rotatable bonds is 11. The fourth-order valence-electron chi connectivity index (χ4n) is 3.74. The van der Waals surface area contributed by atoms with Gasteiger partial charge in [-0.1, -0.05) is 15.9 Å². The summed E-state index contributed by atoms with van der Waals surface area (Å²) >= 11 is 3.35. The summed E-state index contributed by atoms with van der Waals surface area (Å²) in [4.78, 5) is 15.0. The number of hydrogen-bond acceptors (Lipinski definition) is 7. The molecule has 0 N–H and O–H groups in total. The van der Waals surface area contributed by atoms with E-state index in [9.17, 15) is 21.6 Å². The lowest BCUT2D eigenvalue weighted by Crippen LogP contribution is -2.42. The predicted molar refractivity (Wildman–Crippen MR) is 120 cm³/mol. The normalized spacial score (nSPS) is 17.7. The zero-order valence-electron chi connectivity index (χ0n) is 17.7. The predicted octanol–water partition coefficient (Wildman–Crippen LogP) is 1.96. The summed E-state index contributed by atoms with van der Waals surface area (Å²) in [5.41, 5.74) is 0.542. The first-order chi connectivity index (χ1) is 14.5. The van der Waals surface area contributed by atoms with Crippen molar-refractivity contribution in [3.63, 3.8) is 0 Å². The molecule has 0 spiro atoms. The highest BCUT2D eigenvalue weighted by molar-refractivity contribution is 9.10. The molecule has 31 heavy (non-hydrogen) atoms. The molecule has 1 heterocycles. The fourth-order valence-corrected chi connectivity index (χ4v) is 8.04. The van der Waals surface area contributed by atoms with Crippen LogP contribution < -0.4 is 3.71 Å². The Balaban J connectivity index is 2.14. The molecule has 1 amide bonds. The van der Waals surface area contributed by atoms with Crippen molar-refractivity contribution in [1.82, 2.24) is 4.90 Å². The Labute approximate surface area is 191 Å². The lowest BCUT2D eigenvalue weighted by molar-refractivity contribution is 0.0698. The lowest BCUT2D eigenvalue weighted by Gasteiger charge is -2.26. The molecule has 1 aliphatic carbocycles. The smallest absolute Gasteiger partial charge is 0.256 e. The highest BCUT2D eigenvalue weighted by atomic mass is 79.9. The van der Waals surface area contributed by atoms with Crippen molar-refractivity contribution in [2.45, 2.75) is 32.4 Å². The van der Waals surface area contributed by atoms with Gasteiger partial charge in [0.1, 0.15) is 0 Å². The van der Waals surface area contributed by atoms with Crippen molar-refractivity contribution in [1.29, 1.82) is 0 Å². The second-order valence-corrected chi connectivity index (χ2v) is 12.8. The van der Waals surface area contributed by atoms with E-state index in [-0.39, 0.29) is 36.4 Å². The molecule has 2 aliphatic rings. The van der Waals surface area contributed by atoms with E-state index in [4.69, 9.17) is 9.47 Å². The molecule has 1 aromatic carbocycles. The van der Waals surface area contributed by atoms with Gasteiger partial charge in [0.2, 0.25) is 0 Å². The Morgan fingerprint density at radius 2 is 1.65 bits per heavy atom. The first kappa shape index (κ1) is 24.4. The maximum absolute atomic E-state index is 13.3. The van der Waals surface area contributed by atoms with Gasteiger partial charge in [-0.25, -0.2) is 16.8 Å². The number of ether oxygens (including phenoxy) is 2. The molecule has 1 saturated carbocycles. The van der Waals surface area contributed by atoms with Crippen LogP contribution >= 0.6 is 15.9 Å². The number of sulfonamides is 2. The largest absolute Gasteiger partial charge is 0.384 e. The number of nitrogens with zero attached hydrogens (tertiary/aromatic N) is 2. The maximum atomic E-state index is 13.3. The zero-order valence-corrected chi connectivity index (χ0v) is 20.9. The van der Waals surface area contributed by atoms with Crippen molar-refractivity contribution in [2.75, 3.05) is 42.6 Å². The topological polar surface area (TPSA) is 110 Å². The number of anilines is 1. The summed E-state index contributed by atoms with van der Waals surface area (Å²) in [7, 11) is -6.05. The van der Waals surface area contributed by atoms with Crippen LogP contribution in [-0.2, 0) is 36.1 Å². The van der Waals surface area contributed by atoms with Crippen LogP contribution in [0.2, 0.25) is 0 Å². The standard InChI is InChI=1S/C19H27BrN2O7S2/c1-13(14-4-5-14)21-12-15-10-16(20)11-17(18(15)19(21)23)22(30(24,25)8-6-28-2)31(26,27)9-7-29-3/h10-11,13-14H,4-9,12H2,1-3H3/t13-/m0/s1. The minimum atomic E-state index is -4.36. The van der Waals surface area contributed by atoms with Gasteiger partial charge >= 0.3 is 0 Å². The van der Waals surface area contributed by atoms with Gasteiger partial charge in [0.05, 0.1) is 36.0 Å². The molecular weight excluding hydrogens is 512 g/mol. The van der Waals surface area contributed by atoms with Crippen molar-refractivity contribution < 1.29 is 31.1 Å². The first-order valence-electron chi connectivity index (χ1n) is 9.90. The summed E-state index contributed by atoms with van der Waals surface area (Å²) in [6, 6.07) is 3.10. The molecule has 0 saturated heterocycles. The highest BCUT2D eigenvalue weighted by Gasteiger charge is 2.43. The maximum Gasteiger partial charge on any atom is 0.256 e. The number of methoxy groups -OCH3 is 2. The summed E-state index contributed by atoms with van der Waals surface area (Å²) in [6.45, 7) is 1.90. The molecule has 9 nitrogen and oxygen atoms in total. The van der Waals surface area contributed by atoms with Gasteiger partial charge in [-0.15, -0.1) is 0 Å². The molecule has 0 radical (unpaired) electrons. The van der Waals surface area contributed by atoms with Crippen molar-refractivity contribution in [3.8, 4) is 0 Å². The van der Waals surface area contributed by atoms with E-state index in [0.29, 0.717) is 26.2 Å². The van der Waals surface area contributed by atoms with E-state index in [0.717, 1.165) is 12.8 Å². The summed E-state index contributed by atoms with van der Waals surface area (Å²) in [5.74, 6) is -1.04. The third-order valence-electron chi connectivity index (χ3n) is 5.57. The Kier molecular flexibility index (Phi) is 7.36. The van der Waals surface area contributed by atoms with E-state index in [1.54, 1.807) is 11.0 Å². The molecule has 1 atom stereocenters. The van der Waals surface area contributed by atoms with Crippen LogP contribution in [0.4, 0.5) is 5.69 Å². The van der Waals surface area contributed by atoms with Gasteiger partial charge in [-0.05, 0) is 43.4 Å². The van der Waals surface area contributed by atoms with Crippen LogP contribution in [-0.4, -0.2) is 72.6 Å². The molecule has 1 fully saturated rings. The Morgan fingerprint density at radius 3 is 2.13 bits per heavy atom. The Hall–Kier alpha value is -1.21. The van der Waals surface area contributed by atoms with Gasteiger partial charge in [-0.3, -0.25) is 4.79 Å². The highest BCUT2D eigenvalue weighted by Crippen LogP contribution is 2.42. The van der Waals surface area contributed by atoms with Crippen LogP contribution in [0.5, 0.6) is 0 Å². The monoisotopic (exact) mass is 538 g/mol. The molecule has 0 aromatic heterocycles. The van der Waals surface area contributed by atoms with Crippen LogP contribution in [0, 0.1) is 5.92 Å². The summed E-state index contributed by atoms with van der Waals surface area (Å²) < 4.78 is 63.2. The van der Waals surface area contributed by atoms with E-state index in [1.165, 1.54) is 20.3 Å². The average Bonchev–Trinajstić information content (AvgIpc) is 3.48. The van der Waals surface area contributed by atoms with E-state index in [2.05, 4.69) is 15.9 Å². The Morgan fingerprint density at radius 1 is 1.10 bits per heavy atom. The van der Waals surface area contributed by atoms with Gasteiger partial charge < -0.3 is 14.4 Å². The SMILES string of the molecule is COCCS(=O)(=O)N(c1cc(Br)cc2c1C(=O)N([C@@H](C)C1CC1)C2)S(=O)(=O)CCOC. The van der Waals surface area contributed by atoms with Crippen LogP contribution in [0.15, 0.2) is 16.6 Å². The average molecular weight is 539 g/mol. The molecule has 0 unspecified atom stereocenters. The molecular formula is C19H27BrN2O7S2. The summed E-state index contributed by atoms with van der Waals surface area (Å²) in [5, 5.41) is 0. The number of benzene rings is 1. The van der Waals surface area contributed by atoms with Gasteiger partial charge in [0.15, 0.2) is 0 Å².